The van der Waals surface area contributed by atoms with Crippen LogP contribution in [0, 0.1) is 0 Å². The van der Waals surface area contributed by atoms with Crippen molar-refractivity contribution in [2.75, 3.05) is 5.32 Å². The lowest BCUT2D eigenvalue weighted by molar-refractivity contribution is -0.114. The molecule has 0 unspecified atom stereocenters. The number of rotatable bonds is 3. The van der Waals surface area contributed by atoms with Crippen molar-refractivity contribution in [2.24, 2.45) is 0 Å². The van der Waals surface area contributed by atoms with Crippen LogP contribution in [0.1, 0.15) is 17.4 Å². The Balaban J connectivity index is 2.49. The van der Waals surface area contributed by atoms with Gasteiger partial charge in [-0.15, -0.1) is 0 Å². The van der Waals surface area contributed by atoms with Crippen molar-refractivity contribution in [3.63, 3.8) is 0 Å². The zero-order valence-electron chi connectivity index (χ0n) is 10.3. The van der Waals surface area contributed by atoms with Gasteiger partial charge in [-0.25, -0.2) is 9.78 Å². The fourth-order valence-electron chi connectivity index (χ4n) is 1.71. The highest BCUT2D eigenvalue weighted by atomic mass is 16.4. The Morgan fingerprint density at radius 1 is 1.11 bits per heavy atom. The normalized spacial score (nSPS) is 9.95. The summed E-state index contributed by atoms with van der Waals surface area (Å²) >= 11 is 0. The molecule has 0 aliphatic heterocycles. The van der Waals surface area contributed by atoms with Gasteiger partial charge in [0.25, 0.3) is 0 Å². The number of anilines is 1. The van der Waals surface area contributed by atoms with Gasteiger partial charge in [-0.1, -0.05) is 24.3 Å². The molecule has 2 rings (SSSR count). The Morgan fingerprint density at radius 2 is 1.84 bits per heavy atom. The van der Waals surface area contributed by atoms with Gasteiger partial charge in [0, 0.05) is 12.5 Å². The van der Waals surface area contributed by atoms with Gasteiger partial charge in [0.2, 0.25) is 5.91 Å². The zero-order valence-corrected chi connectivity index (χ0v) is 10.3. The molecule has 0 atom stereocenters. The maximum atomic E-state index is 11.1. The molecule has 1 aromatic heterocycles. The van der Waals surface area contributed by atoms with Crippen LogP contribution in [-0.2, 0) is 4.79 Å². The van der Waals surface area contributed by atoms with Crippen molar-refractivity contribution in [1.82, 2.24) is 4.98 Å². The number of benzene rings is 1. The molecule has 0 bridgehead atoms. The number of carbonyl (C=O) groups excluding carboxylic acids is 1. The minimum absolute atomic E-state index is 0.0323. The largest absolute Gasteiger partial charge is 0.477 e. The Morgan fingerprint density at radius 3 is 2.53 bits per heavy atom. The third-order valence-electron chi connectivity index (χ3n) is 2.48. The second-order valence-corrected chi connectivity index (χ2v) is 3.94. The van der Waals surface area contributed by atoms with Gasteiger partial charge in [-0.3, -0.25) is 4.79 Å². The third kappa shape index (κ3) is 2.95. The first-order valence-electron chi connectivity index (χ1n) is 5.65. The van der Waals surface area contributed by atoms with Crippen molar-refractivity contribution < 1.29 is 14.7 Å². The average molecular weight is 256 g/mol. The van der Waals surface area contributed by atoms with Crippen LogP contribution in [0.4, 0.5) is 5.69 Å². The number of nitrogens with one attached hydrogen (secondary N) is 1. The number of aromatic nitrogens is 1. The standard InChI is InChI=1S/C14H12N2O3/c1-9(17)15-11-6-3-2-5-10(11)12-7-4-8-13(16-12)14(18)19/h2-8H,1H3,(H,15,17)(H,18,19). The van der Waals surface area contributed by atoms with Crippen LogP contribution in [0.5, 0.6) is 0 Å². The van der Waals surface area contributed by atoms with E-state index in [0.29, 0.717) is 16.9 Å². The lowest BCUT2D eigenvalue weighted by Crippen LogP contribution is -2.07. The van der Waals surface area contributed by atoms with Crippen molar-refractivity contribution in [2.45, 2.75) is 6.92 Å². The molecule has 2 aromatic rings. The van der Waals surface area contributed by atoms with E-state index in [2.05, 4.69) is 10.3 Å². The van der Waals surface area contributed by atoms with Crippen molar-refractivity contribution >= 4 is 17.6 Å². The highest BCUT2D eigenvalue weighted by molar-refractivity contribution is 5.94. The van der Waals surface area contributed by atoms with Crippen LogP contribution in [0.25, 0.3) is 11.3 Å². The van der Waals surface area contributed by atoms with Gasteiger partial charge in [0.15, 0.2) is 0 Å². The quantitative estimate of drug-likeness (QED) is 0.883. The van der Waals surface area contributed by atoms with E-state index in [-0.39, 0.29) is 11.6 Å². The molecule has 0 aliphatic rings. The van der Waals surface area contributed by atoms with Crippen LogP contribution in [0.3, 0.4) is 0 Å². The Labute approximate surface area is 109 Å². The van der Waals surface area contributed by atoms with E-state index in [4.69, 9.17) is 5.11 Å². The number of amides is 1. The fourth-order valence-corrected chi connectivity index (χ4v) is 1.71. The van der Waals surface area contributed by atoms with E-state index in [9.17, 15) is 9.59 Å². The maximum Gasteiger partial charge on any atom is 0.354 e. The highest BCUT2D eigenvalue weighted by Gasteiger charge is 2.10. The summed E-state index contributed by atoms with van der Waals surface area (Å²) in [5.41, 5.74) is 1.75. The van der Waals surface area contributed by atoms with Gasteiger partial charge in [0.05, 0.1) is 11.4 Å². The second-order valence-electron chi connectivity index (χ2n) is 3.94. The molecule has 5 heteroatoms. The molecule has 0 radical (unpaired) electrons. The lowest BCUT2D eigenvalue weighted by atomic mass is 10.1. The summed E-state index contributed by atoms with van der Waals surface area (Å²) in [7, 11) is 0. The second kappa shape index (κ2) is 5.30. The van der Waals surface area contributed by atoms with Gasteiger partial charge >= 0.3 is 5.97 Å². The number of hydrogen-bond acceptors (Lipinski definition) is 3. The molecule has 19 heavy (non-hydrogen) atoms. The van der Waals surface area contributed by atoms with Crippen LogP contribution in [-0.4, -0.2) is 22.0 Å². The Hall–Kier alpha value is -2.69. The molecular weight excluding hydrogens is 244 g/mol. The van der Waals surface area contributed by atoms with Crippen LogP contribution in [0.2, 0.25) is 0 Å². The lowest BCUT2D eigenvalue weighted by Gasteiger charge is -2.09. The molecule has 1 heterocycles. The summed E-state index contributed by atoms with van der Waals surface area (Å²) in [6, 6.07) is 11.9. The zero-order chi connectivity index (χ0) is 13.8. The first-order valence-corrected chi connectivity index (χ1v) is 5.65. The monoisotopic (exact) mass is 256 g/mol. The summed E-state index contributed by atoms with van der Waals surface area (Å²) in [4.78, 5) is 26.1. The predicted octanol–water partition coefficient (Wildman–Crippen LogP) is 2.41. The minimum atomic E-state index is -1.08. The maximum absolute atomic E-state index is 11.1. The molecule has 96 valence electrons. The van der Waals surface area contributed by atoms with E-state index in [1.807, 2.05) is 0 Å². The molecule has 5 nitrogen and oxygen atoms in total. The molecule has 1 amide bonds. The summed E-state index contributed by atoms with van der Waals surface area (Å²) in [5, 5.41) is 11.6. The van der Waals surface area contributed by atoms with E-state index in [1.165, 1.54) is 13.0 Å². The first kappa shape index (κ1) is 12.8. The smallest absolute Gasteiger partial charge is 0.354 e. The average Bonchev–Trinajstić information content (AvgIpc) is 2.39. The number of aromatic carboxylic acids is 1. The van der Waals surface area contributed by atoms with Crippen LogP contribution in [0.15, 0.2) is 42.5 Å². The molecule has 0 spiro atoms. The molecule has 0 aliphatic carbocycles. The van der Waals surface area contributed by atoms with E-state index in [1.54, 1.807) is 36.4 Å². The number of nitrogens with zero attached hydrogens (tertiary/aromatic N) is 1. The summed E-state index contributed by atoms with van der Waals surface area (Å²) in [6.07, 6.45) is 0. The van der Waals surface area contributed by atoms with E-state index in [0.717, 1.165) is 0 Å². The molecule has 2 N–H and O–H groups in total. The molecule has 0 fully saturated rings. The van der Waals surface area contributed by atoms with Crippen molar-refractivity contribution in [3.05, 3.63) is 48.2 Å². The van der Waals surface area contributed by atoms with E-state index >= 15 is 0 Å². The number of carbonyl (C=O) groups is 2. The van der Waals surface area contributed by atoms with Crippen LogP contribution < -0.4 is 5.32 Å². The molecule has 1 aromatic carbocycles. The van der Waals surface area contributed by atoms with Crippen molar-refractivity contribution in [1.29, 1.82) is 0 Å². The number of pyridine rings is 1. The molecular formula is C14H12N2O3. The van der Waals surface area contributed by atoms with E-state index < -0.39 is 5.97 Å². The van der Waals surface area contributed by atoms with Gasteiger partial charge in [-0.05, 0) is 18.2 Å². The minimum Gasteiger partial charge on any atom is -0.477 e. The number of carboxylic acids is 1. The van der Waals surface area contributed by atoms with Gasteiger partial charge in [0.1, 0.15) is 5.69 Å². The number of hydrogen-bond donors (Lipinski definition) is 2. The molecule has 0 saturated carbocycles. The van der Waals surface area contributed by atoms with Crippen LogP contribution >= 0.6 is 0 Å². The topological polar surface area (TPSA) is 79.3 Å². The SMILES string of the molecule is CC(=O)Nc1ccccc1-c1cccc(C(=O)O)n1. The first-order chi connectivity index (χ1) is 9.08. The fraction of sp³-hybridized carbons (Fsp3) is 0.0714. The Bertz CT molecular complexity index is 638. The summed E-state index contributed by atoms with van der Waals surface area (Å²) in [5.74, 6) is -1.28. The Kier molecular flexibility index (Phi) is 3.56. The molecule has 0 saturated heterocycles. The highest BCUT2D eigenvalue weighted by Crippen LogP contribution is 2.26. The third-order valence-corrected chi connectivity index (χ3v) is 2.48. The van der Waals surface area contributed by atoms with Gasteiger partial charge in [-0.2, -0.15) is 0 Å². The summed E-state index contributed by atoms with van der Waals surface area (Å²) < 4.78 is 0. The number of para-hydroxylation sites is 1. The number of carboxylic acid groups (broad SMARTS) is 1. The van der Waals surface area contributed by atoms with Gasteiger partial charge < -0.3 is 10.4 Å². The summed E-state index contributed by atoms with van der Waals surface area (Å²) in [6.45, 7) is 1.41. The predicted molar refractivity (Wildman–Crippen MR) is 70.9 cm³/mol. The van der Waals surface area contributed by atoms with Crippen molar-refractivity contribution in [3.8, 4) is 11.3 Å².